The molecule has 1 saturated heterocycles. The number of amides is 2. The Balaban J connectivity index is 1.82. The summed E-state index contributed by atoms with van der Waals surface area (Å²) in [6, 6.07) is 7.66. The van der Waals surface area contributed by atoms with E-state index < -0.39 is 11.7 Å². The van der Waals surface area contributed by atoms with Crippen LogP contribution in [0, 0.1) is 11.7 Å². The Hall–Kier alpha value is -2.96. The van der Waals surface area contributed by atoms with Gasteiger partial charge < -0.3 is 15.4 Å². The number of ether oxygens (including phenoxy) is 1. The number of rotatable bonds is 4. The second-order valence-electron chi connectivity index (χ2n) is 5.47. The van der Waals surface area contributed by atoms with Crippen molar-refractivity contribution in [3.63, 3.8) is 0 Å². The molecule has 1 atom stereocenters. The first-order valence-corrected chi connectivity index (χ1v) is 7.44. The number of pyridine rings is 1. The molecule has 0 saturated carbocycles. The highest BCUT2D eigenvalue weighted by Crippen LogP contribution is 2.31. The fourth-order valence-corrected chi connectivity index (χ4v) is 2.59. The second-order valence-corrected chi connectivity index (χ2v) is 5.47. The van der Waals surface area contributed by atoms with Crippen molar-refractivity contribution in [3.8, 4) is 16.9 Å². The Morgan fingerprint density at radius 3 is 2.92 bits per heavy atom. The molecule has 3 rings (SSSR count). The number of halogens is 1. The van der Waals surface area contributed by atoms with E-state index in [1.54, 1.807) is 24.4 Å². The van der Waals surface area contributed by atoms with Crippen LogP contribution in [0.1, 0.15) is 6.42 Å². The minimum atomic E-state index is -0.400. The summed E-state index contributed by atoms with van der Waals surface area (Å²) in [4.78, 5) is 27.5. The van der Waals surface area contributed by atoms with Crippen LogP contribution in [0.25, 0.3) is 11.1 Å². The molecule has 1 unspecified atom stereocenters. The van der Waals surface area contributed by atoms with Gasteiger partial charge in [-0.05, 0) is 29.8 Å². The van der Waals surface area contributed by atoms with Crippen molar-refractivity contribution in [3.05, 3.63) is 42.3 Å². The van der Waals surface area contributed by atoms with Crippen molar-refractivity contribution < 1.29 is 18.7 Å². The van der Waals surface area contributed by atoms with Gasteiger partial charge in [-0.1, -0.05) is 0 Å². The van der Waals surface area contributed by atoms with Crippen LogP contribution in [0.4, 0.5) is 10.2 Å². The molecule has 0 radical (unpaired) electrons. The maximum absolute atomic E-state index is 13.3. The number of carbonyl (C=O) groups is 2. The molecule has 2 amide bonds. The molecular weight excluding hydrogens is 313 g/mol. The molecule has 1 aliphatic heterocycles. The molecule has 0 aliphatic carbocycles. The maximum Gasteiger partial charge on any atom is 0.230 e. The lowest BCUT2D eigenvalue weighted by atomic mass is 10.1. The van der Waals surface area contributed by atoms with Crippen LogP contribution in [-0.2, 0) is 9.59 Å². The van der Waals surface area contributed by atoms with E-state index in [1.165, 1.54) is 19.2 Å². The predicted molar refractivity (Wildman–Crippen MR) is 85.9 cm³/mol. The van der Waals surface area contributed by atoms with E-state index in [1.807, 2.05) is 0 Å². The number of aromatic nitrogens is 1. The number of benzene rings is 1. The summed E-state index contributed by atoms with van der Waals surface area (Å²) in [6.45, 7) is 0.330. The Kier molecular flexibility index (Phi) is 4.41. The van der Waals surface area contributed by atoms with E-state index in [-0.39, 0.29) is 18.2 Å². The third-order valence-corrected chi connectivity index (χ3v) is 3.83. The summed E-state index contributed by atoms with van der Waals surface area (Å²) in [5.74, 6) is -0.427. The molecule has 6 nitrogen and oxygen atoms in total. The molecule has 1 aromatic carbocycles. The summed E-state index contributed by atoms with van der Waals surface area (Å²) in [7, 11) is 1.46. The van der Waals surface area contributed by atoms with Gasteiger partial charge in [0.1, 0.15) is 17.4 Å². The second kappa shape index (κ2) is 6.66. The van der Waals surface area contributed by atoms with Crippen LogP contribution in [0.15, 0.2) is 36.5 Å². The lowest BCUT2D eigenvalue weighted by Gasteiger charge is -2.11. The fourth-order valence-electron chi connectivity index (χ4n) is 2.59. The molecule has 7 heteroatoms. The molecular formula is C17H16FN3O3. The van der Waals surface area contributed by atoms with Crippen LogP contribution in [0.2, 0.25) is 0 Å². The molecule has 1 aliphatic rings. The summed E-state index contributed by atoms with van der Waals surface area (Å²) in [6.07, 6.45) is 1.73. The SMILES string of the molecule is COc1cc(F)ccc1-c1ccnc(NC(=O)C2CNC(=O)C2)c1. The van der Waals surface area contributed by atoms with Gasteiger partial charge in [0.15, 0.2) is 0 Å². The molecule has 0 spiro atoms. The highest BCUT2D eigenvalue weighted by Gasteiger charge is 2.28. The molecule has 0 bridgehead atoms. The summed E-state index contributed by atoms with van der Waals surface area (Å²) >= 11 is 0. The fraction of sp³-hybridized carbons (Fsp3) is 0.235. The zero-order valence-corrected chi connectivity index (χ0v) is 13.0. The van der Waals surface area contributed by atoms with E-state index in [4.69, 9.17) is 4.74 Å². The smallest absolute Gasteiger partial charge is 0.230 e. The van der Waals surface area contributed by atoms with Gasteiger partial charge in [-0.3, -0.25) is 9.59 Å². The van der Waals surface area contributed by atoms with Gasteiger partial charge in [0, 0.05) is 30.8 Å². The van der Waals surface area contributed by atoms with Crippen molar-refractivity contribution >= 4 is 17.6 Å². The minimum Gasteiger partial charge on any atom is -0.496 e. The Morgan fingerprint density at radius 2 is 2.21 bits per heavy atom. The quantitative estimate of drug-likeness (QED) is 0.899. The monoisotopic (exact) mass is 329 g/mol. The zero-order valence-electron chi connectivity index (χ0n) is 13.0. The first-order chi connectivity index (χ1) is 11.6. The number of nitrogens with zero attached hydrogens (tertiary/aromatic N) is 1. The number of nitrogens with one attached hydrogen (secondary N) is 2. The highest BCUT2D eigenvalue weighted by atomic mass is 19.1. The lowest BCUT2D eigenvalue weighted by molar-refractivity contribution is -0.123. The van der Waals surface area contributed by atoms with Crippen LogP contribution < -0.4 is 15.4 Å². The molecule has 24 heavy (non-hydrogen) atoms. The zero-order chi connectivity index (χ0) is 17.1. The average Bonchev–Trinajstić information content (AvgIpc) is 3.01. The number of anilines is 1. The Bertz CT molecular complexity index is 794. The Morgan fingerprint density at radius 1 is 1.38 bits per heavy atom. The topological polar surface area (TPSA) is 80.3 Å². The van der Waals surface area contributed by atoms with E-state index in [0.29, 0.717) is 23.7 Å². The molecule has 2 heterocycles. The van der Waals surface area contributed by atoms with Crippen LogP contribution in [0.5, 0.6) is 5.75 Å². The maximum atomic E-state index is 13.3. The van der Waals surface area contributed by atoms with E-state index in [2.05, 4.69) is 15.6 Å². The van der Waals surface area contributed by atoms with Crippen molar-refractivity contribution in [1.82, 2.24) is 10.3 Å². The van der Waals surface area contributed by atoms with Gasteiger partial charge in [-0.15, -0.1) is 0 Å². The summed E-state index contributed by atoms with van der Waals surface area (Å²) < 4.78 is 18.5. The number of carbonyl (C=O) groups excluding carboxylic acids is 2. The van der Waals surface area contributed by atoms with Gasteiger partial charge in [0.05, 0.1) is 13.0 Å². The van der Waals surface area contributed by atoms with Crippen molar-refractivity contribution in [2.24, 2.45) is 5.92 Å². The largest absolute Gasteiger partial charge is 0.496 e. The van der Waals surface area contributed by atoms with Gasteiger partial charge in [-0.25, -0.2) is 9.37 Å². The molecule has 1 aromatic heterocycles. The average molecular weight is 329 g/mol. The predicted octanol–water partition coefficient (Wildman–Crippen LogP) is 1.97. The summed E-state index contributed by atoms with van der Waals surface area (Å²) in [5.41, 5.74) is 1.42. The number of methoxy groups -OCH3 is 1. The van der Waals surface area contributed by atoms with Crippen LogP contribution in [-0.4, -0.2) is 30.5 Å². The number of hydrogen-bond donors (Lipinski definition) is 2. The van der Waals surface area contributed by atoms with E-state index >= 15 is 0 Å². The van der Waals surface area contributed by atoms with Gasteiger partial charge in [-0.2, -0.15) is 0 Å². The van der Waals surface area contributed by atoms with Crippen LogP contribution in [0.3, 0.4) is 0 Å². The Labute approximate surface area is 138 Å². The summed E-state index contributed by atoms with van der Waals surface area (Å²) in [5, 5.41) is 5.33. The molecule has 1 fully saturated rings. The minimum absolute atomic E-state index is 0.132. The first-order valence-electron chi connectivity index (χ1n) is 7.44. The third-order valence-electron chi connectivity index (χ3n) is 3.83. The molecule has 2 aromatic rings. The van der Waals surface area contributed by atoms with E-state index in [9.17, 15) is 14.0 Å². The van der Waals surface area contributed by atoms with Gasteiger partial charge in [0.2, 0.25) is 11.8 Å². The van der Waals surface area contributed by atoms with Crippen molar-refractivity contribution in [2.75, 3.05) is 19.0 Å². The lowest BCUT2D eigenvalue weighted by Crippen LogP contribution is -2.25. The third kappa shape index (κ3) is 3.34. The number of hydrogen-bond acceptors (Lipinski definition) is 4. The van der Waals surface area contributed by atoms with Crippen molar-refractivity contribution in [2.45, 2.75) is 6.42 Å². The first kappa shape index (κ1) is 15.9. The van der Waals surface area contributed by atoms with Gasteiger partial charge in [0.25, 0.3) is 0 Å². The van der Waals surface area contributed by atoms with Crippen molar-refractivity contribution in [1.29, 1.82) is 0 Å². The normalized spacial score (nSPS) is 16.6. The standard InChI is InChI=1S/C17H16FN3O3/c1-24-14-8-12(18)2-3-13(14)10-4-5-19-15(6-10)21-17(23)11-7-16(22)20-9-11/h2-6,8,11H,7,9H2,1H3,(H,20,22)(H,19,21,23). The van der Waals surface area contributed by atoms with Crippen LogP contribution >= 0.6 is 0 Å². The molecule has 124 valence electrons. The van der Waals surface area contributed by atoms with E-state index in [0.717, 1.165) is 5.56 Å². The van der Waals surface area contributed by atoms with Gasteiger partial charge >= 0.3 is 0 Å². The molecule has 2 N–H and O–H groups in total. The highest BCUT2D eigenvalue weighted by molar-refractivity contribution is 5.97.